The summed E-state index contributed by atoms with van der Waals surface area (Å²) >= 11 is 0. The standard InChI is InChI=1S/C18H20F3N5O/c1-11(2)14-10-24-17-13(8-16(22-3)25-26(14)17)23-9-12-6-4-5-7-15(12)27-18(19,20)21/h4-8,10-11,23H,9H2,1-3H3,(H,22,25). The quantitative estimate of drug-likeness (QED) is 0.664. The highest BCUT2D eigenvalue weighted by Gasteiger charge is 2.32. The number of imidazole rings is 1. The first kappa shape index (κ1) is 18.8. The number of halogens is 3. The highest BCUT2D eigenvalue weighted by atomic mass is 19.4. The molecule has 0 aliphatic rings. The molecular weight excluding hydrogens is 359 g/mol. The van der Waals surface area contributed by atoms with Crippen molar-refractivity contribution < 1.29 is 17.9 Å². The number of anilines is 2. The second-order valence-electron chi connectivity index (χ2n) is 6.28. The molecule has 0 fully saturated rings. The summed E-state index contributed by atoms with van der Waals surface area (Å²) in [5.74, 6) is 0.598. The van der Waals surface area contributed by atoms with E-state index in [4.69, 9.17) is 0 Å². The molecule has 0 aliphatic heterocycles. The molecule has 0 saturated heterocycles. The van der Waals surface area contributed by atoms with Crippen LogP contribution in [0.4, 0.5) is 24.7 Å². The Morgan fingerprint density at radius 1 is 1.22 bits per heavy atom. The van der Waals surface area contributed by atoms with Crippen LogP contribution in [0.3, 0.4) is 0 Å². The monoisotopic (exact) mass is 379 g/mol. The van der Waals surface area contributed by atoms with E-state index >= 15 is 0 Å². The average molecular weight is 379 g/mol. The van der Waals surface area contributed by atoms with Crippen LogP contribution in [-0.2, 0) is 6.54 Å². The van der Waals surface area contributed by atoms with Crippen molar-refractivity contribution >= 4 is 17.2 Å². The van der Waals surface area contributed by atoms with Gasteiger partial charge in [-0.05, 0) is 12.0 Å². The average Bonchev–Trinajstić information content (AvgIpc) is 3.03. The van der Waals surface area contributed by atoms with Gasteiger partial charge in [0.15, 0.2) is 5.65 Å². The topological polar surface area (TPSA) is 63.5 Å². The van der Waals surface area contributed by atoms with Gasteiger partial charge >= 0.3 is 6.36 Å². The number of nitrogens with zero attached hydrogens (tertiary/aromatic N) is 3. The molecule has 0 amide bonds. The fraction of sp³-hybridized carbons (Fsp3) is 0.333. The van der Waals surface area contributed by atoms with E-state index in [2.05, 4.69) is 25.5 Å². The van der Waals surface area contributed by atoms with Crippen LogP contribution in [0.2, 0.25) is 0 Å². The molecule has 0 radical (unpaired) electrons. The van der Waals surface area contributed by atoms with Crippen LogP contribution in [-0.4, -0.2) is 28.0 Å². The van der Waals surface area contributed by atoms with Gasteiger partial charge in [-0.1, -0.05) is 32.0 Å². The second kappa shape index (κ2) is 7.34. The predicted octanol–water partition coefficient (Wildman–Crippen LogP) is 4.41. The predicted molar refractivity (Wildman–Crippen MR) is 97.1 cm³/mol. The van der Waals surface area contributed by atoms with E-state index in [1.165, 1.54) is 12.1 Å². The molecule has 2 heterocycles. The van der Waals surface area contributed by atoms with Crippen LogP contribution < -0.4 is 15.4 Å². The van der Waals surface area contributed by atoms with Crippen LogP contribution in [0.1, 0.15) is 31.0 Å². The molecule has 9 heteroatoms. The maximum Gasteiger partial charge on any atom is 0.573 e. The molecular formula is C18H20F3N5O. The van der Waals surface area contributed by atoms with Crippen LogP contribution in [0, 0.1) is 0 Å². The summed E-state index contributed by atoms with van der Waals surface area (Å²) in [6.45, 7) is 4.21. The van der Waals surface area contributed by atoms with Crippen molar-refractivity contribution in [2.75, 3.05) is 17.7 Å². The number of alkyl halides is 3. The van der Waals surface area contributed by atoms with Gasteiger partial charge in [0.2, 0.25) is 0 Å². The Kier molecular flexibility index (Phi) is 5.11. The minimum absolute atomic E-state index is 0.138. The van der Waals surface area contributed by atoms with Crippen molar-refractivity contribution in [3.8, 4) is 5.75 Å². The van der Waals surface area contributed by atoms with E-state index in [0.29, 0.717) is 22.7 Å². The van der Waals surface area contributed by atoms with E-state index in [0.717, 1.165) is 5.69 Å². The summed E-state index contributed by atoms with van der Waals surface area (Å²) < 4.78 is 43.6. The highest BCUT2D eigenvalue weighted by molar-refractivity contribution is 5.71. The van der Waals surface area contributed by atoms with Crippen molar-refractivity contribution in [1.29, 1.82) is 0 Å². The molecule has 0 bridgehead atoms. The lowest BCUT2D eigenvalue weighted by molar-refractivity contribution is -0.274. The van der Waals surface area contributed by atoms with E-state index in [1.807, 2.05) is 13.8 Å². The third-order valence-electron chi connectivity index (χ3n) is 4.01. The zero-order chi connectivity index (χ0) is 19.6. The van der Waals surface area contributed by atoms with Crippen LogP contribution in [0.5, 0.6) is 5.75 Å². The fourth-order valence-electron chi connectivity index (χ4n) is 2.70. The third-order valence-corrected chi connectivity index (χ3v) is 4.01. The first-order valence-electron chi connectivity index (χ1n) is 8.42. The van der Waals surface area contributed by atoms with Gasteiger partial charge in [-0.15, -0.1) is 18.3 Å². The van der Waals surface area contributed by atoms with Gasteiger partial charge in [0, 0.05) is 25.2 Å². The van der Waals surface area contributed by atoms with Crippen molar-refractivity contribution in [2.45, 2.75) is 32.7 Å². The van der Waals surface area contributed by atoms with Crippen molar-refractivity contribution in [2.24, 2.45) is 0 Å². The summed E-state index contributed by atoms with van der Waals surface area (Å²) in [5, 5.41) is 10.6. The summed E-state index contributed by atoms with van der Waals surface area (Å²) in [7, 11) is 1.75. The number of fused-ring (bicyclic) bond motifs is 1. The summed E-state index contributed by atoms with van der Waals surface area (Å²) in [5.41, 5.74) is 2.58. The summed E-state index contributed by atoms with van der Waals surface area (Å²) in [6, 6.07) is 7.79. The molecule has 0 aliphatic carbocycles. The Balaban J connectivity index is 1.92. The van der Waals surface area contributed by atoms with Gasteiger partial charge in [0.25, 0.3) is 0 Å². The molecule has 6 nitrogen and oxygen atoms in total. The molecule has 3 rings (SSSR count). The number of hydrogen-bond acceptors (Lipinski definition) is 5. The SMILES string of the molecule is CNc1cc(NCc2ccccc2OC(F)(F)F)c2ncc(C(C)C)n2n1. The molecule has 0 saturated carbocycles. The van der Waals surface area contributed by atoms with E-state index in [1.54, 1.807) is 36.0 Å². The molecule has 27 heavy (non-hydrogen) atoms. The molecule has 144 valence electrons. The van der Waals surface area contributed by atoms with Crippen LogP contribution in [0.15, 0.2) is 36.5 Å². The first-order valence-corrected chi connectivity index (χ1v) is 8.42. The molecule has 2 N–H and O–H groups in total. The Labute approximate surface area is 154 Å². The van der Waals surface area contributed by atoms with Crippen molar-refractivity contribution in [1.82, 2.24) is 14.6 Å². The Morgan fingerprint density at radius 2 is 1.96 bits per heavy atom. The molecule has 1 aromatic carbocycles. The summed E-state index contributed by atoms with van der Waals surface area (Å²) in [4.78, 5) is 4.41. The Hall–Kier alpha value is -2.97. The van der Waals surface area contributed by atoms with Gasteiger partial charge < -0.3 is 15.4 Å². The molecule has 3 aromatic rings. The molecule has 0 atom stereocenters. The van der Waals surface area contributed by atoms with E-state index < -0.39 is 6.36 Å². The number of hydrogen-bond donors (Lipinski definition) is 2. The number of para-hydroxylation sites is 1. The van der Waals surface area contributed by atoms with Crippen LogP contribution in [0.25, 0.3) is 5.65 Å². The maximum absolute atomic E-state index is 12.6. The number of rotatable bonds is 6. The van der Waals surface area contributed by atoms with Gasteiger partial charge in [-0.3, -0.25) is 0 Å². The number of nitrogens with one attached hydrogen (secondary N) is 2. The van der Waals surface area contributed by atoms with Gasteiger partial charge in [0.05, 0.1) is 17.6 Å². The smallest absolute Gasteiger partial charge is 0.405 e. The number of benzene rings is 1. The Bertz CT molecular complexity index is 936. The van der Waals surface area contributed by atoms with Gasteiger partial charge in [-0.2, -0.15) is 0 Å². The fourth-order valence-corrected chi connectivity index (χ4v) is 2.70. The lowest BCUT2D eigenvalue weighted by Gasteiger charge is -2.15. The van der Waals surface area contributed by atoms with Gasteiger partial charge in [-0.25, -0.2) is 9.50 Å². The van der Waals surface area contributed by atoms with E-state index in [-0.39, 0.29) is 18.2 Å². The molecule has 0 spiro atoms. The van der Waals surface area contributed by atoms with Crippen molar-refractivity contribution in [3.63, 3.8) is 0 Å². The second-order valence-corrected chi connectivity index (χ2v) is 6.28. The lowest BCUT2D eigenvalue weighted by Crippen LogP contribution is -2.18. The maximum atomic E-state index is 12.6. The largest absolute Gasteiger partial charge is 0.573 e. The zero-order valence-corrected chi connectivity index (χ0v) is 15.1. The highest BCUT2D eigenvalue weighted by Crippen LogP contribution is 2.28. The first-order chi connectivity index (χ1) is 12.8. The Morgan fingerprint density at radius 3 is 2.63 bits per heavy atom. The number of aromatic nitrogens is 3. The molecule has 2 aromatic heterocycles. The summed E-state index contributed by atoms with van der Waals surface area (Å²) in [6.07, 6.45) is -2.99. The minimum Gasteiger partial charge on any atom is -0.405 e. The normalized spacial score (nSPS) is 11.8. The third kappa shape index (κ3) is 4.24. The molecule has 0 unspecified atom stereocenters. The van der Waals surface area contributed by atoms with Crippen molar-refractivity contribution in [3.05, 3.63) is 47.8 Å². The van der Waals surface area contributed by atoms with Gasteiger partial charge in [0.1, 0.15) is 11.6 Å². The van der Waals surface area contributed by atoms with E-state index in [9.17, 15) is 13.2 Å². The zero-order valence-electron chi connectivity index (χ0n) is 15.1. The minimum atomic E-state index is -4.74. The van der Waals surface area contributed by atoms with Crippen LogP contribution >= 0.6 is 0 Å². The lowest BCUT2D eigenvalue weighted by atomic mass is 10.1. The number of ether oxygens (including phenoxy) is 1.